The van der Waals surface area contributed by atoms with Gasteiger partial charge < -0.3 is 10.3 Å². The van der Waals surface area contributed by atoms with Crippen LogP contribution in [0.5, 0.6) is 0 Å². The molecule has 0 saturated carbocycles. The van der Waals surface area contributed by atoms with Crippen molar-refractivity contribution < 1.29 is 4.79 Å². The molecule has 7 heteroatoms. The molecule has 23 heavy (non-hydrogen) atoms. The van der Waals surface area contributed by atoms with E-state index in [4.69, 9.17) is 12.2 Å². The van der Waals surface area contributed by atoms with Crippen molar-refractivity contribution in [3.8, 4) is 11.4 Å². The summed E-state index contributed by atoms with van der Waals surface area (Å²) in [6.45, 7) is 3.71. The Bertz CT molecular complexity index is 846. The monoisotopic (exact) mass is 328 g/mol. The van der Waals surface area contributed by atoms with Gasteiger partial charge in [-0.1, -0.05) is 19.1 Å². The van der Waals surface area contributed by atoms with E-state index in [1.165, 1.54) is 11.0 Å². The van der Waals surface area contributed by atoms with Crippen LogP contribution in [0.1, 0.15) is 19.5 Å². The number of thiocarbonyl (C=S) groups is 1. The van der Waals surface area contributed by atoms with Gasteiger partial charge in [0.25, 0.3) is 11.5 Å². The van der Waals surface area contributed by atoms with Gasteiger partial charge in [0.2, 0.25) is 0 Å². The summed E-state index contributed by atoms with van der Waals surface area (Å²) >= 11 is 5.22. The topological polar surface area (TPSA) is 78.1 Å². The Morgan fingerprint density at radius 1 is 1.30 bits per heavy atom. The van der Waals surface area contributed by atoms with Gasteiger partial charge in [0, 0.05) is 17.3 Å². The molecule has 0 spiro atoms. The van der Waals surface area contributed by atoms with Crippen LogP contribution in [0.3, 0.4) is 0 Å². The molecular weight excluding hydrogens is 312 g/mol. The molecule has 1 atom stereocenters. The first-order valence-corrected chi connectivity index (χ1v) is 7.75. The van der Waals surface area contributed by atoms with Gasteiger partial charge >= 0.3 is 0 Å². The fourth-order valence-electron chi connectivity index (χ4n) is 2.47. The number of nitrogens with one attached hydrogen (secondary N) is 2. The number of aromatic nitrogens is 2. The van der Waals surface area contributed by atoms with Crippen LogP contribution in [0, 0.1) is 0 Å². The molecule has 6 nitrogen and oxygen atoms in total. The van der Waals surface area contributed by atoms with Crippen LogP contribution in [-0.4, -0.2) is 27.0 Å². The number of H-pyrrole nitrogens is 1. The summed E-state index contributed by atoms with van der Waals surface area (Å²) < 4.78 is 0. The third kappa shape index (κ3) is 2.87. The third-order valence-corrected chi connectivity index (χ3v) is 3.97. The summed E-state index contributed by atoms with van der Waals surface area (Å²) in [6, 6.07) is 8.38. The molecule has 1 amide bonds. The van der Waals surface area contributed by atoms with Gasteiger partial charge in [-0.2, -0.15) is 0 Å². The molecule has 1 aromatic carbocycles. The van der Waals surface area contributed by atoms with E-state index in [-0.39, 0.29) is 17.5 Å². The smallest absolute Gasteiger partial charge is 0.255 e. The number of anilines is 1. The lowest BCUT2D eigenvalue weighted by atomic mass is 10.1. The Balaban J connectivity index is 2.04. The molecule has 1 saturated heterocycles. The van der Waals surface area contributed by atoms with Crippen LogP contribution in [-0.2, 0) is 11.2 Å². The standard InChI is InChI=1S/C16H16N4O2S/c1-3-11-8-13(21)19-14(18-11)10-5-4-6-12(7-10)20-15(22)9(2)17-16(20)23/h4-9H,3H2,1-2H3,(H,17,23)(H,18,19,21)/t9-/m1/s1. The summed E-state index contributed by atoms with van der Waals surface area (Å²) in [6.07, 6.45) is 0.673. The predicted octanol–water partition coefficient (Wildman–Crippen LogP) is 1.61. The van der Waals surface area contributed by atoms with Crippen LogP contribution in [0.2, 0.25) is 0 Å². The number of carbonyl (C=O) groups is 1. The Morgan fingerprint density at radius 3 is 2.74 bits per heavy atom. The fourth-order valence-corrected chi connectivity index (χ4v) is 2.84. The van der Waals surface area contributed by atoms with Gasteiger partial charge in [-0.3, -0.25) is 14.5 Å². The number of rotatable bonds is 3. The van der Waals surface area contributed by atoms with Crippen LogP contribution in [0.25, 0.3) is 11.4 Å². The molecule has 2 N–H and O–H groups in total. The number of nitrogens with zero attached hydrogens (tertiary/aromatic N) is 2. The first kappa shape index (κ1) is 15.4. The van der Waals surface area contributed by atoms with E-state index in [0.29, 0.717) is 23.0 Å². The maximum absolute atomic E-state index is 12.2. The number of hydrogen-bond acceptors (Lipinski definition) is 4. The zero-order valence-electron chi connectivity index (χ0n) is 12.8. The second-order valence-corrected chi connectivity index (χ2v) is 5.72. The summed E-state index contributed by atoms with van der Waals surface area (Å²) in [5.41, 5.74) is 1.90. The minimum atomic E-state index is -0.340. The van der Waals surface area contributed by atoms with Crippen LogP contribution in [0.4, 0.5) is 5.69 Å². The van der Waals surface area contributed by atoms with Gasteiger partial charge in [-0.05, 0) is 37.7 Å². The highest BCUT2D eigenvalue weighted by molar-refractivity contribution is 7.80. The maximum Gasteiger partial charge on any atom is 0.255 e. The molecule has 2 aromatic rings. The lowest BCUT2D eigenvalue weighted by molar-refractivity contribution is -0.117. The molecule has 1 aliphatic rings. The minimum absolute atomic E-state index is 0.101. The first-order valence-electron chi connectivity index (χ1n) is 7.34. The predicted molar refractivity (Wildman–Crippen MR) is 92.4 cm³/mol. The molecule has 0 bridgehead atoms. The van der Waals surface area contributed by atoms with Gasteiger partial charge in [-0.25, -0.2) is 4.98 Å². The number of hydrogen-bond donors (Lipinski definition) is 2. The van der Waals surface area contributed by atoms with E-state index in [1.54, 1.807) is 19.1 Å². The Kier molecular flexibility index (Phi) is 3.96. The van der Waals surface area contributed by atoms with Crippen molar-refractivity contribution >= 4 is 28.9 Å². The van der Waals surface area contributed by atoms with E-state index >= 15 is 0 Å². The normalized spacial score (nSPS) is 17.5. The second kappa shape index (κ2) is 5.92. The number of amides is 1. The molecular formula is C16H16N4O2S. The molecule has 3 rings (SSSR count). The SMILES string of the molecule is CCc1cc(=O)[nH]c(-c2cccc(N3C(=O)[C@@H](C)NC3=S)c2)n1. The fraction of sp³-hybridized carbons (Fsp3) is 0.250. The average molecular weight is 328 g/mol. The first-order chi connectivity index (χ1) is 11.0. The van der Waals surface area contributed by atoms with Gasteiger partial charge in [-0.15, -0.1) is 0 Å². The molecule has 0 radical (unpaired) electrons. The Morgan fingerprint density at radius 2 is 2.09 bits per heavy atom. The van der Waals surface area contributed by atoms with E-state index in [1.807, 2.05) is 19.1 Å². The zero-order valence-corrected chi connectivity index (χ0v) is 13.6. The van der Waals surface area contributed by atoms with Crippen molar-refractivity contribution in [2.45, 2.75) is 26.3 Å². The molecule has 1 aliphatic heterocycles. The number of aryl methyl sites for hydroxylation is 1. The van der Waals surface area contributed by atoms with Crippen LogP contribution < -0.4 is 15.8 Å². The Labute approximate surface area is 138 Å². The van der Waals surface area contributed by atoms with Crippen molar-refractivity contribution in [3.63, 3.8) is 0 Å². The highest BCUT2D eigenvalue weighted by Crippen LogP contribution is 2.24. The lowest BCUT2D eigenvalue weighted by Crippen LogP contribution is -2.30. The van der Waals surface area contributed by atoms with Gasteiger partial charge in [0.1, 0.15) is 11.9 Å². The number of aromatic amines is 1. The number of carbonyl (C=O) groups excluding carboxylic acids is 1. The largest absolute Gasteiger partial charge is 0.350 e. The summed E-state index contributed by atoms with van der Waals surface area (Å²) in [4.78, 5) is 32.6. The molecule has 1 aromatic heterocycles. The van der Waals surface area contributed by atoms with E-state index < -0.39 is 0 Å². The maximum atomic E-state index is 12.2. The average Bonchev–Trinajstić information content (AvgIpc) is 2.79. The van der Waals surface area contributed by atoms with Crippen molar-refractivity contribution in [1.82, 2.24) is 15.3 Å². The van der Waals surface area contributed by atoms with Crippen LogP contribution >= 0.6 is 12.2 Å². The lowest BCUT2D eigenvalue weighted by Gasteiger charge is -2.15. The molecule has 0 aliphatic carbocycles. The summed E-state index contributed by atoms with van der Waals surface area (Å²) in [7, 11) is 0. The highest BCUT2D eigenvalue weighted by Gasteiger charge is 2.33. The third-order valence-electron chi connectivity index (χ3n) is 3.67. The van der Waals surface area contributed by atoms with Crippen molar-refractivity contribution in [1.29, 1.82) is 0 Å². The van der Waals surface area contributed by atoms with Crippen molar-refractivity contribution in [2.24, 2.45) is 0 Å². The molecule has 0 unspecified atom stereocenters. The van der Waals surface area contributed by atoms with Crippen molar-refractivity contribution in [2.75, 3.05) is 4.90 Å². The van der Waals surface area contributed by atoms with E-state index in [2.05, 4.69) is 15.3 Å². The molecule has 2 heterocycles. The Hall–Kier alpha value is -2.54. The summed E-state index contributed by atoms with van der Waals surface area (Å²) in [5.74, 6) is 0.380. The van der Waals surface area contributed by atoms with E-state index in [9.17, 15) is 9.59 Å². The minimum Gasteiger partial charge on any atom is -0.350 e. The van der Waals surface area contributed by atoms with Gasteiger partial charge in [0.15, 0.2) is 5.11 Å². The highest BCUT2D eigenvalue weighted by atomic mass is 32.1. The van der Waals surface area contributed by atoms with Crippen LogP contribution in [0.15, 0.2) is 35.1 Å². The quantitative estimate of drug-likeness (QED) is 0.837. The van der Waals surface area contributed by atoms with Crippen molar-refractivity contribution in [3.05, 3.63) is 46.4 Å². The zero-order chi connectivity index (χ0) is 16.6. The number of benzene rings is 1. The second-order valence-electron chi connectivity index (χ2n) is 5.33. The molecule has 1 fully saturated rings. The summed E-state index contributed by atoms with van der Waals surface area (Å²) in [5, 5.41) is 3.31. The molecule has 118 valence electrons. The van der Waals surface area contributed by atoms with E-state index in [0.717, 1.165) is 11.3 Å². The van der Waals surface area contributed by atoms with Gasteiger partial charge in [0.05, 0.1) is 5.69 Å².